The van der Waals surface area contributed by atoms with Crippen LogP contribution in [0.1, 0.15) is 58.3 Å². The van der Waals surface area contributed by atoms with Crippen molar-refractivity contribution in [1.29, 1.82) is 0 Å². The summed E-state index contributed by atoms with van der Waals surface area (Å²) in [4.78, 5) is 25.6. The molecule has 0 aromatic carbocycles. The van der Waals surface area contributed by atoms with Gasteiger partial charge in [-0.15, -0.1) is 0 Å². The quantitative estimate of drug-likeness (QED) is 0.740. The third-order valence-corrected chi connectivity index (χ3v) is 4.60. The molecular formula is C14H23NO2. The highest BCUT2D eigenvalue weighted by molar-refractivity contribution is 5.83. The second-order valence-corrected chi connectivity index (χ2v) is 5.95. The van der Waals surface area contributed by atoms with Gasteiger partial charge in [0, 0.05) is 31.3 Å². The third kappa shape index (κ3) is 2.53. The average molecular weight is 237 g/mol. The van der Waals surface area contributed by atoms with Crippen molar-refractivity contribution < 1.29 is 9.59 Å². The van der Waals surface area contributed by atoms with Crippen molar-refractivity contribution in [3.63, 3.8) is 0 Å². The molecule has 96 valence electrons. The molecule has 0 spiro atoms. The normalized spacial score (nSPS) is 24.9. The zero-order valence-corrected chi connectivity index (χ0v) is 11.0. The van der Waals surface area contributed by atoms with Crippen LogP contribution in [-0.2, 0) is 9.59 Å². The molecule has 0 bridgehead atoms. The lowest BCUT2D eigenvalue weighted by molar-refractivity contribution is -0.143. The fraction of sp³-hybridized carbons (Fsp3) is 0.857. The summed E-state index contributed by atoms with van der Waals surface area (Å²) >= 11 is 0. The van der Waals surface area contributed by atoms with Crippen LogP contribution >= 0.6 is 0 Å². The molecule has 2 aliphatic rings. The van der Waals surface area contributed by atoms with Crippen LogP contribution < -0.4 is 0 Å². The average Bonchev–Trinajstić information content (AvgIpc) is 2.76. The molecule has 0 saturated heterocycles. The fourth-order valence-corrected chi connectivity index (χ4v) is 3.27. The fourth-order valence-electron chi connectivity index (χ4n) is 3.27. The molecule has 0 aromatic rings. The Morgan fingerprint density at radius 1 is 1.24 bits per heavy atom. The highest BCUT2D eigenvalue weighted by Gasteiger charge is 2.40. The SMILES string of the molecule is CN(C(=O)C1(C)CCCC1)C1CCC(=O)CC1. The maximum atomic E-state index is 12.5. The van der Waals surface area contributed by atoms with Gasteiger partial charge in [0.05, 0.1) is 0 Å². The van der Waals surface area contributed by atoms with Crippen molar-refractivity contribution in [3.05, 3.63) is 0 Å². The number of hydrogen-bond acceptors (Lipinski definition) is 2. The van der Waals surface area contributed by atoms with Crippen LogP contribution in [0.3, 0.4) is 0 Å². The van der Waals surface area contributed by atoms with Gasteiger partial charge in [0.25, 0.3) is 0 Å². The van der Waals surface area contributed by atoms with Gasteiger partial charge in [-0.05, 0) is 25.7 Å². The first kappa shape index (κ1) is 12.6. The molecule has 2 fully saturated rings. The Morgan fingerprint density at radius 3 is 2.29 bits per heavy atom. The van der Waals surface area contributed by atoms with Crippen molar-refractivity contribution in [3.8, 4) is 0 Å². The number of ketones is 1. The Hall–Kier alpha value is -0.860. The van der Waals surface area contributed by atoms with Gasteiger partial charge in [-0.1, -0.05) is 19.8 Å². The van der Waals surface area contributed by atoms with Crippen LogP contribution in [0.25, 0.3) is 0 Å². The number of hydrogen-bond donors (Lipinski definition) is 0. The first-order chi connectivity index (χ1) is 8.03. The topological polar surface area (TPSA) is 37.4 Å². The molecule has 3 heteroatoms. The van der Waals surface area contributed by atoms with Crippen LogP contribution in [-0.4, -0.2) is 29.7 Å². The van der Waals surface area contributed by atoms with Gasteiger partial charge in [-0.25, -0.2) is 0 Å². The molecule has 0 radical (unpaired) electrons. The predicted octanol–water partition coefficient (Wildman–Crippen LogP) is 2.54. The van der Waals surface area contributed by atoms with Crippen LogP contribution in [0.4, 0.5) is 0 Å². The molecule has 2 aliphatic carbocycles. The Bertz CT molecular complexity index is 308. The first-order valence-corrected chi connectivity index (χ1v) is 6.82. The monoisotopic (exact) mass is 237 g/mol. The Labute approximate surface area is 104 Å². The number of nitrogens with zero attached hydrogens (tertiary/aromatic N) is 1. The van der Waals surface area contributed by atoms with E-state index in [-0.39, 0.29) is 11.5 Å². The van der Waals surface area contributed by atoms with E-state index in [1.54, 1.807) is 0 Å². The Morgan fingerprint density at radius 2 is 1.76 bits per heavy atom. The molecule has 0 heterocycles. The number of amides is 1. The van der Waals surface area contributed by atoms with Crippen LogP contribution in [0.5, 0.6) is 0 Å². The van der Waals surface area contributed by atoms with E-state index in [1.165, 1.54) is 12.8 Å². The zero-order chi connectivity index (χ0) is 12.5. The van der Waals surface area contributed by atoms with Crippen molar-refractivity contribution >= 4 is 11.7 Å². The van der Waals surface area contributed by atoms with Crippen molar-refractivity contribution in [1.82, 2.24) is 4.90 Å². The molecule has 1 amide bonds. The van der Waals surface area contributed by atoms with Gasteiger partial charge < -0.3 is 4.90 Å². The maximum absolute atomic E-state index is 12.5. The molecular weight excluding hydrogens is 214 g/mol. The van der Waals surface area contributed by atoms with Gasteiger partial charge >= 0.3 is 0 Å². The van der Waals surface area contributed by atoms with E-state index >= 15 is 0 Å². The van der Waals surface area contributed by atoms with Crippen LogP contribution in [0, 0.1) is 5.41 Å². The van der Waals surface area contributed by atoms with E-state index in [4.69, 9.17) is 0 Å². The van der Waals surface area contributed by atoms with E-state index in [0.29, 0.717) is 24.5 Å². The number of carbonyl (C=O) groups excluding carboxylic acids is 2. The summed E-state index contributed by atoms with van der Waals surface area (Å²) in [7, 11) is 1.92. The zero-order valence-electron chi connectivity index (χ0n) is 11.0. The smallest absolute Gasteiger partial charge is 0.228 e. The van der Waals surface area contributed by atoms with Gasteiger partial charge in [-0.2, -0.15) is 0 Å². The van der Waals surface area contributed by atoms with E-state index in [0.717, 1.165) is 25.7 Å². The lowest BCUT2D eigenvalue weighted by Crippen LogP contribution is -2.45. The maximum Gasteiger partial charge on any atom is 0.228 e. The van der Waals surface area contributed by atoms with Gasteiger partial charge in [-0.3, -0.25) is 9.59 Å². The van der Waals surface area contributed by atoms with Crippen molar-refractivity contribution in [2.75, 3.05) is 7.05 Å². The minimum Gasteiger partial charge on any atom is -0.342 e. The van der Waals surface area contributed by atoms with Gasteiger partial charge in [0.15, 0.2) is 0 Å². The standard InChI is InChI=1S/C14H23NO2/c1-14(9-3-4-10-14)13(17)15(2)11-5-7-12(16)8-6-11/h11H,3-10H2,1-2H3. The number of carbonyl (C=O) groups is 2. The summed E-state index contributed by atoms with van der Waals surface area (Å²) in [6, 6.07) is 0.289. The first-order valence-electron chi connectivity index (χ1n) is 6.82. The lowest BCUT2D eigenvalue weighted by atomic mass is 9.85. The molecule has 0 aliphatic heterocycles. The minimum atomic E-state index is -0.129. The summed E-state index contributed by atoms with van der Waals surface area (Å²) in [6.07, 6.45) is 7.44. The van der Waals surface area contributed by atoms with E-state index < -0.39 is 0 Å². The molecule has 17 heavy (non-hydrogen) atoms. The Kier molecular flexibility index (Phi) is 3.55. The molecule has 2 saturated carbocycles. The second kappa shape index (κ2) is 4.79. The predicted molar refractivity (Wildman–Crippen MR) is 66.6 cm³/mol. The summed E-state index contributed by atoms with van der Waals surface area (Å²) in [6.45, 7) is 2.10. The molecule has 0 N–H and O–H groups in total. The van der Waals surface area contributed by atoms with Crippen molar-refractivity contribution in [2.45, 2.75) is 64.3 Å². The molecule has 0 atom stereocenters. The summed E-state index contributed by atoms with van der Waals surface area (Å²) in [5.41, 5.74) is -0.129. The second-order valence-electron chi connectivity index (χ2n) is 5.95. The molecule has 0 aromatic heterocycles. The van der Waals surface area contributed by atoms with Crippen molar-refractivity contribution in [2.24, 2.45) is 5.41 Å². The van der Waals surface area contributed by atoms with Gasteiger partial charge in [0.2, 0.25) is 5.91 Å². The molecule has 3 nitrogen and oxygen atoms in total. The largest absolute Gasteiger partial charge is 0.342 e. The lowest BCUT2D eigenvalue weighted by Gasteiger charge is -2.36. The molecule has 2 rings (SSSR count). The summed E-state index contributed by atoms with van der Waals surface area (Å²) < 4.78 is 0. The minimum absolute atomic E-state index is 0.129. The van der Waals surface area contributed by atoms with Crippen LogP contribution in [0.2, 0.25) is 0 Å². The molecule has 0 unspecified atom stereocenters. The number of rotatable bonds is 2. The van der Waals surface area contributed by atoms with Crippen LogP contribution in [0.15, 0.2) is 0 Å². The highest BCUT2D eigenvalue weighted by atomic mass is 16.2. The highest BCUT2D eigenvalue weighted by Crippen LogP contribution is 2.39. The summed E-state index contributed by atoms with van der Waals surface area (Å²) in [5.74, 6) is 0.656. The van der Waals surface area contributed by atoms with E-state index in [1.807, 2.05) is 11.9 Å². The Balaban J connectivity index is 1.97. The van der Waals surface area contributed by atoms with E-state index in [9.17, 15) is 9.59 Å². The van der Waals surface area contributed by atoms with Gasteiger partial charge in [0.1, 0.15) is 5.78 Å². The van der Waals surface area contributed by atoms with E-state index in [2.05, 4.69) is 6.92 Å². The summed E-state index contributed by atoms with van der Waals surface area (Å²) in [5, 5.41) is 0. The third-order valence-electron chi connectivity index (χ3n) is 4.60. The number of Topliss-reactive ketones (excluding diaryl/α,β-unsaturated/α-hetero) is 1.